The van der Waals surface area contributed by atoms with Gasteiger partial charge in [-0.05, 0) is 49.4 Å². The van der Waals surface area contributed by atoms with Crippen molar-refractivity contribution in [3.05, 3.63) is 0 Å². The summed E-state index contributed by atoms with van der Waals surface area (Å²) in [5.41, 5.74) is 0. The van der Waals surface area contributed by atoms with Crippen molar-refractivity contribution in [2.75, 3.05) is 39.6 Å². The van der Waals surface area contributed by atoms with Gasteiger partial charge < -0.3 is 33.8 Å². The summed E-state index contributed by atoms with van der Waals surface area (Å²) in [5.74, 6) is 1.02. The molecule has 0 aliphatic carbocycles. The highest BCUT2D eigenvalue weighted by atomic mass is 31.2. The first-order valence-corrected chi connectivity index (χ1v) is 46.2. The first-order valence-electron chi connectivity index (χ1n) is 43.2. The Bertz CT molecular complexity index is 2010. The highest BCUT2D eigenvalue weighted by molar-refractivity contribution is 7.47. The van der Waals surface area contributed by atoms with E-state index in [0.29, 0.717) is 25.7 Å². The monoisotopic (exact) mass is 1510 g/mol. The molecular weight excluding hydrogens is 1340 g/mol. The summed E-state index contributed by atoms with van der Waals surface area (Å²) < 4.78 is 68.9. The smallest absolute Gasteiger partial charge is 0.462 e. The molecule has 0 spiro atoms. The predicted octanol–water partition coefficient (Wildman–Crippen LogP) is 25.2. The summed E-state index contributed by atoms with van der Waals surface area (Å²) in [5, 5.41) is 10.7. The van der Waals surface area contributed by atoms with Crippen molar-refractivity contribution in [3.8, 4) is 0 Å². The normalized spacial score (nSPS) is 14.0. The molecule has 0 fully saturated rings. The van der Waals surface area contributed by atoms with Gasteiger partial charge >= 0.3 is 39.5 Å². The number of rotatable bonds is 81. The van der Waals surface area contributed by atoms with Crippen molar-refractivity contribution in [3.63, 3.8) is 0 Å². The van der Waals surface area contributed by atoms with E-state index in [1.807, 2.05) is 0 Å². The number of ether oxygens (including phenoxy) is 4. The van der Waals surface area contributed by atoms with Crippen LogP contribution in [0.5, 0.6) is 0 Å². The number of hydrogen-bond donors (Lipinski definition) is 3. The Morgan fingerprint density at radius 3 is 0.602 bits per heavy atom. The van der Waals surface area contributed by atoms with Crippen molar-refractivity contribution in [1.82, 2.24) is 0 Å². The van der Waals surface area contributed by atoms with E-state index in [4.69, 9.17) is 37.0 Å². The van der Waals surface area contributed by atoms with Gasteiger partial charge in [0, 0.05) is 25.7 Å². The summed E-state index contributed by atoms with van der Waals surface area (Å²) >= 11 is 0. The van der Waals surface area contributed by atoms with Crippen molar-refractivity contribution in [2.24, 2.45) is 23.7 Å². The van der Waals surface area contributed by atoms with Gasteiger partial charge in [-0.3, -0.25) is 37.3 Å². The topological polar surface area (TPSA) is 237 Å². The Labute approximate surface area is 632 Å². The van der Waals surface area contributed by atoms with Gasteiger partial charge in [0.2, 0.25) is 0 Å². The van der Waals surface area contributed by atoms with Crippen molar-refractivity contribution >= 4 is 39.5 Å². The highest BCUT2D eigenvalue weighted by Crippen LogP contribution is 2.45. The largest absolute Gasteiger partial charge is 0.472 e. The number of hydrogen-bond acceptors (Lipinski definition) is 15. The summed E-state index contributed by atoms with van der Waals surface area (Å²) in [4.78, 5) is 73.2. The second-order valence-corrected chi connectivity index (χ2v) is 35.0. The zero-order valence-corrected chi connectivity index (χ0v) is 69.7. The van der Waals surface area contributed by atoms with E-state index in [9.17, 15) is 43.2 Å². The number of esters is 4. The van der Waals surface area contributed by atoms with Gasteiger partial charge in [-0.2, -0.15) is 0 Å². The minimum Gasteiger partial charge on any atom is -0.462 e. The van der Waals surface area contributed by atoms with E-state index in [0.717, 1.165) is 114 Å². The van der Waals surface area contributed by atoms with E-state index in [-0.39, 0.29) is 25.7 Å². The number of aliphatic hydroxyl groups excluding tert-OH is 1. The minimum absolute atomic E-state index is 0.107. The molecule has 5 atom stereocenters. The minimum atomic E-state index is -4.97. The molecule has 0 aromatic rings. The maximum atomic E-state index is 13.1. The average Bonchev–Trinajstić information content (AvgIpc) is 0.911. The van der Waals surface area contributed by atoms with Crippen molar-refractivity contribution in [1.29, 1.82) is 0 Å². The molecule has 17 nitrogen and oxygen atoms in total. The SMILES string of the molecule is CC(C)CCCCCCCCCCCCCCCCC(=O)OC[C@H](COP(=O)(O)OC[C@@H](O)COP(=O)(O)OC[C@@H](COC(=O)CCCCCCCCCCCC(C)C)OC(=O)CCCCCCCCCCCCCCCCC(C)C)OC(=O)CCCCCCCCCCCCCCCCC(C)C. The molecule has 0 bridgehead atoms. The van der Waals surface area contributed by atoms with Gasteiger partial charge in [-0.25, -0.2) is 9.13 Å². The van der Waals surface area contributed by atoms with Crippen LogP contribution >= 0.6 is 15.6 Å². The van der Waals surface area contributed by atoms with Crippen LogP contribution < -0.4 is 0 Å². The number of unbranched alkanes of at least 4 members (excludes halogenated alkanes) is 47. The number of phosphoric ester groups is 2. The van der Waals surface area contributed by atoms with Crippen molar-refractivity contribution < 1.29 is 80.2 Å². The van der Waals surface area contributed by atoms with Gasteiger partial charge in [0.15, 0.2) is 12.2 Å². The molecule has 0 rings (SSSR count). The zero-order valence-electron chi connectivity index (χ0n) is 68.0. The molecule has 19 heteroatoms. The van der Waals surface area contributed by atoms with Gasteiger partial charge in [0.05, 0.1) is 26.4 Å². The van der Waals surface area contributed by atoms with E-state index in [1.54, 1.807) is 0 Å². The van der Waals surface area contributed by atoms with Crippen LogP contribution in [-0.2, 0) is 65.4 Å². The fourth-order valence-corrected chi connectivity index (χ4v) is 14.5. The number of phosphoric acid groups is 2. The maximum Gasteiger partial charge on any atom is 0.472 e. The lowest BCUT2D eigenvalue weighted by molar-refractivity contribution is -0.161. The molecule has 0 saturated heterocycles. The lowest BCUT2D eigenvalue weighted by atomic mass is 10.0. The molecule has 0 aliphatic heterocycles. The fraction of sp³-hybridized carbons (Fsp3) is 0.952. The summed E-state index contributed by atoms with van der Waals surface area (Å²) in [6.07, 6.45) is 61.0. The number of carbonyl (C=O) groups excluding carboxylic acids is 4. The van der Waals surface area contributed by atoms with Gasteiger partial charge in [-0.1, -0.05) is 383 Å². The van der Waals surface area contributed by atoms with Gasteiger partial charge in [0.25, 0.3) is 0 Å². The van der Waals surface area contributed by atoms with Crippen LogP contribution in [-0.4, -0.2) is 96.7 Å². The zero-order chi connectivity index (χ0) is 76.0. The van der Waals surface area contributed by atoms with Crippen LogP contribution in [0.25, 0.3) is 0 Å². The molecule has 0 aromatic heterocycles. The Morgan fingerprint density at radius 1 is 0.243 bits per heavy atom. The highest BCUT2D eigenvalue weighted by Gasteiger charge is 2.30. The molecule has 3 N–H and O–H groups in total. The first kappa shape index (κ1) is 101. The molecule has 0 heterocycles. The van der Waals surface area contributed by atoms with Crippen LogP contribution in [0.3, 0.4) is 0 Å². The molecule has 2 unspecified atom stereocenters. The Kier molecular flexibility index (Phi) is 71.5. The van der Waals surface area contributed by atoms with E-state index < -0.39 is 97.5 Å². The Morgan fingerprint density at radius 2 is 0.408 bits per heavy atom. The van der Waals surface area contributed by atoms with Crippen LogP contribution in [0, 0.1) is 23.7 Å². The predicted molar refractivity (Wildman–Crippen MR) is 423 cm³/mol. The lowest BCUT2D eigenvalue weighted by Crippen LogP contribution is -2.30. The first-order chi connectivity index (χ1) is 49.6. The quantitative estimate of drug-likeness (QED) is 0.0222. The molecule has 103 heavy (non-hydrogen) atoms. The molecule has 612 valence electrons. The maximum absolute atomic E-state index is 13.1. The molecule has 0 aromatic carbocycles. The van der Waals surface area contributed by atoms with Gasteiger partial charge in [0.1, 0.15) is 19.3 Å². The molecule has 0 amide bonds. The third-order valence-electron chi connectivity index (χ3n) is 19.6. The average molecular weight is 1510 g/mol. The summed E-state index contributed by atoms with van der Waals surface area (Å²) in [6, 6.07) is 0. The molecular formula is C84H164O17P2. The molecule has 0 radical (unpaired) electrons. The third kappa shape index (κ3) is 78.0. The summed E-state index contributed by atoms with van der Waals surface area (Å²) in [7, 11) is -9.93. The van der Waals surface area contributed by atoms with Crippen LogP contribution in [0.4, 0.5) is 0 Å². The molecule has 0 saturated carbocycles. The third-order valence-corrected chi connectivity index (χ3v) is 21.5. The van der Waals surface area contributed by atoms with E-state index in [1.165, 1.54) is 238 Å². The lowest BCUT2D eigenvalue weighted by Gasteiger charge is -2.21. The number of carbonyl (C=O) groups is 4. The number of aliphatic hydroxyl groups is 1. The molecule has 0 aliphatic rings. The van der Waals surface area contributed by atoms with Crippen LogP contribution in [0.1, 0.15) is 434 Å². The van der Waals surface area contributed by atoms with E-state index in [2.05, 4.69) is 55.4 Å². The van der Waals surface area contributed by atoms with Crippen LogP contribution in [0.15, 0.2) is 0 Å². The van der Waals surface area contributed by atoms with Crippen LogP contribution in [0.2, 0.25) is 0 Å². The van der Waals surface area contributed by atoms with E-state index >= 15 is 0 Å². The Hall–Kier alpha value is -1.94. The second-order valence-electron chi connectivity index (χ2n) is 32.1. The summed E-state index contributed by atoms with van der Waals surface area (Å²) in [6.45, 7) is 14.3. The fourth-order valence-electron chi connectivity index (χ4n) is 13.0. The standard InChI is InChI=1S/C84H164O17P2/c1-74(2)60-52-44-36-28-21-15-9-12-18-24-32-40-48-56-64-81(86)94-70-79(100-83(88)66-58-50-42-33-25-19-13-10-16-22-29-37-45-53-61-75(3)4)72-98-102(90,91)96-68-78(85)69-97-103(92,93)99-73-80(71-95-82(87)65-57-49-41-35-27-31-39-47-55-63-77(7)8)101-84(89)67-59-51-43-34-26-20-14-11-17-23-30-38-46-54-62-76(5)6/h74-80,85H,9-73H2,1-8H3,(H,90,91)(H,92,93)/t78-,79-,80-/m1/s1. The second kappa shape index (κ2) is 72.9. The Balaban J connectivity index is 5.27. The van der Waals surface area contributed by atoms with Gasteiger partial charge in [-0.15, -0.1) is 0 Å². The van der Waals surface area contributed by atoms with Crippen molar-refractivity contribution in [2.45, 2.75) is 453 Å².